The molecule has 0 saturated carbocycles. The Morgan fingerprint density at radius 2 is 1.84 bits per heavy atom. The van der Waals surface area contributed by atoms with Crippen molar-refractivity contribution >= 4 is 0 Å². The predicted octanol–water partition coefficient (Wildman–Crippen LogP) is 3.78. The fourth-order valence-corrected chi connectivity index (χ4v) is 2.09. The van der Waals surface area contributed by atoms with Crippen molar-refractivity contribution in [3.05, 3.63) is 59.2 Å². The maximum Gasteiger partial charge on any atom is 0.199 e. The van der Waals surface area contributed by atoms with E-state index in [4.69, 9.17) is 14.2 Å². The summed E-state index contributed by atoms with van der Waals surface area (Å²) in [6.45, 7) is 0.518. The van der Waals surface area contributed by atoms with Crippen LogP contribution < -0.4 is 0 Å². The summed E-state index contributed by atoms with van der Waals surface area (Å²) in [4.78, 5) is 0. The van der Waals surface area contributed by atoms with Crippen molar-refractivity contribution < 1.29 is 14.2 Å². The van der Waals surface area contributed by atoms with Crippen LogP contribution in [-0.2, 0) is 20.8 Å². The molecular weight excluding hydrogens is 240 g/mol. The van der Waals surface area contributed by atoms with Gasteiger partial charge in [0.1, 0.15) is 12.4 Å². The van der Waals surface area contributed by atoms with Gasteiger partial charge in [-0.2, -0.15) is 0 Å². The van der Waals surface area contributed by atoms with Crippen molar-refractivity contribution in [3.63, 3.8) is 0 Å². The second kappa shape index (κ2) is 6.88. The van der Waals surface area contributed by atoms with Crippen molar-refractivity contribution in [2.45, 2.75) is 25.9 Å². The van der Waals surface area contributed by atoms with Crippen molar-refractivity contribution in [1.82, 2.24) is 0 Å². The maximum absolute atomic E-state index is 5.92. The molecule has 0 heterocycles. The lowest BCUT2D eigenvalue weighted by Crippen LogP contribution is -2.03. The van der Waals surface area contributed by atoms with Crippen LogP contribution in [0.15, 0.2) is 53.7 Å². The zero-order valence-electron chi connectivity index (χ0n) is 11.5. The zero-order chi connectivity index (χ0) is 13.5. The van der Waals surface area contributed by atoms with E-state index >= 15 is 0 Å². The molecule has 3 heteroatoms. The van der Waals surface area contributed by atoms with Crippen LogP contribution in [0.2, 0.25) is 0 Å². The highest BCUT2D eigenvalue weighted by molar-refractivity contribution is 5.26. The van der Waals surface area contributed by atoms with Gasteiger partial charge in [-0.3, -0.25) is 0 Å². The van der Waals surface area contributed by atoms with Gasteiger partial charge in [0.05, 0.1) is 14.2 Å². The van der Waals surface area contributed by atoms with E-state index in [1.165, 1.54) is 0 Å². The Balaban J connectivity index is 2.15. The van der Waals surface area contributed by atoms with Crippen LogP contribution in [0, 0.1) is 0 Å². The maximum atomic E-state index is 5.92. The summed E-state index contributed by atoms with van der Waals surface area (Å²) in [5.74, 6) is 2.36. The first kappa shape index (κ1) is 13.5. The standard InChI is InChI=1S/C16H20O3/c1-17-14-10-6-7-11-15(18-2)16(14)19-12-13-8-4-3-5-9-13/h3-5,8-10H,6-7,11-12H2,1-2H3. The minimum atomic E-state index is 0.518. The van der Waals surface area contributed by atoms with E-state index in [2.05, 4.69) is 6.08 Å². The third kappa shape index (κ3) is 3.53. The molecule has 1 aromatic carbocycles. The molecule has 2 rings (SSSR count). The molecule has 1 aliphatic rings. The molecule has 0 aromatic heterocycles. The van der Waals surface area contributed by atoms with Gasteiger partial charge in [0.15, 0.2) is 11.5 Å². The van der Waals surface area contributed by atoms with Crippen LogP contribution in [0.3, 0.4) is 0 Å². The molecular formula is C16H20O3. The molecule has 0 aliphatic heterocycles. The van der Waals surface area contributed by atoms with E-state index < -0.39 is 0 Å². The van der Waals surface area contributed by atoms with Crippen LogP contribution in [0.25, 0.3) is 0 Å². The summed E-state index contributed by atoms with van der Waals surface area (Å²) in [6.07, 6.45) is 4.97. The smallest absolute Gasteiger partial charge is 0.199 e. The molecule has 0 spiro atoms. The van der Waals surface area contributed by atoms with Gasteiger partial charge >= 0.3 is 0 Å². The summed E-state index contributed by atoms with van der Waals surface area (Å²) in [5.41, 5.74) is 1.13. The summed E-state index contributed by atoms with van der Waals surface area (Å²) < 4.78 is 16.8. The minimum Gasteiger partial charge on any atom is -0.497 e. The lowest BCUT2D eigenvalue weighted by molar-refractivity contribution is 0.139. The van der Waals surface area contributed by atoms with Crippen LogP contribution in [0.5, 0.6) is 0 Å². The van der Waals surface area contributed by atoms with Crippen LogP contribution in [-0.4, -0.2) is 14.2 Å². The second-order valence-electron chi connectivity index (χ2n) is 4.40. The van der Waals surface area contributed by atoms with E-state index in [0.717, 1.165) is 42.1 Å². The molecule has 0 N–H and O–H groups in total. The SMILES string of the molecule is COC1=CCCCC(OC)=C1OCc1ccccc1. The van der Waals surface area contributed by atoms with Crippen molar-refractivity contribution in [2.75, 3.05) is 14.2 Å². The fraction of sp³-hybridized carbons (Fsp3) is 0.375. The third-order valence-corrected chi connectivity index (χ3v) is 3.11. The quantitative estimate of drug-likeness (QED) is 0.806. The molecule has 1 aromatic rings. The van der Waals surface area contributed by atoms with Crippen LogP contribution in [0.1, 0.15) is 24.8 Å². The van der Waals surface area contributed by atoms with E-state index in [1.807, 2.05) is 30.3 Å². The fourth-order valence-electron chi connectivity index (χ4n) is 2.09. The lowest BCUT2D eigenvalue weighted by Gasteiger charge is -2.15. The van der Waals surface area contributed by atoms with E-state index in [-0.39, 0.29) is 0 Å². The van der Waals surface area contributed by atoms with Gasteiger partial charge in [-0.15, -0.1) is 0 Å². The first-order chi connectivity index (χ1) is 9.35. The molecule has 19 heavy (non-hydrogen) atoms. The van der Waals surface area contributed by atoms with E-state index in [1.54, 1.807) is 14.2 Å². The Labute approximate surface area is 114 Å². The van der Waals surface area contributed by atoms with Gasteiger partial charge in [0.2, 0.25) is 0 Å². The summed E-state index contributed by atoms with van der Waals surface area (Å²) in [6, 6.07) is 10.1. The molecule has 0 unspecified atom stereocenters. The Morgan fingerprint density at radius 3 is 2.53 bits per heavy atom. The van der Waals surface area contributed by atoms with Crippen molar-refractivity contribution in [3.8, 4) is 0 Å². The van der Waals surface area contributed by atoms with Gasteiger partial charge in [-0.25, -0.2) is 0 Å². The molecule has 1 aliphatic carbocycles. The minimum absolute atomic E-state index is 0.518. The number of rotatable bonds is 5. The van der Waals surface area contributed by atoms with Gasteiger partial charge in [0, 0.05) is 6.42 Å². The number of benzene rings is 1. The van der Waals surface area contributed by atoms with Gasteiger partial charge in [0.25, 0.3) is 0 Å². The molecule has 0 radical (unpaired) electrons. The highest BCUT2D eigenvalue weighted by Gasteiger charge is 2.18. The van der Waals surface area contributed by atoms with Gasteiger partial charge in [-0.1, -0.05) is 30.3 Å². The number of ether oxygens (including phenoxy) is 3. The molecule has 0 saturated heterocycles. The van der Waals surface area contributed by atoms with Gasteiger partial charge in [-0.05, 0) is 24.5 Å². The highest BCUT2D eigenvalue weighted by atomic mass is 16.5. The molecule has 0 atom stereocenters. The Bertz CT molecular complexity index is 460. The summed E-state index contributed by atoms with van der Waals surface area (Å²) >= 11 is 0. The number of hydrogen-bond acceptors (Lipinski definition) is 3. The topological polar surface area (TPSA) is 27.7 Å². The number of hydrogen-bond donors (Lipinski definition) is 0. The Morgan fingerprint density at radius 1 is 1.05 bits per heavy atom. The molecule has 3 nitrogen and oxygen atoms in total. The first-order valence-corrected chi connectivity index (χ1v) is 6.53. The Hall–Kier alpha value is -1.90. The third-order valence-electron chi connectivity index (χ3n) is 3.11. The van der Waals surface area contributed by atoms with Crippen LogP contribution >= 0.6 is 0 Å². The molecule has 0 fully saturated rings. The largest absolute Gasteiger partial charge is 0.497 e. The zero-order valence-corrected chi connectivity index (χ0v) is 11.5. The first-order valence-electron chi connectivity index (χ1n) is 6.53. The predicted molar refractivity (Wildman–Crippen MR) is 74.2 cm³/mol. The molecule has 0 bridgehead atoms. The average molecular weight is 260 g/mol. The lowest BCUT2D eigenvalue weighted by atomic mass is 10.2. The second-order valence-corrected chi connectivity index (χ2v) is 4.40. The highest BCUT2D eigenvalue weighted by Crippen LogP contribution is 2.27. The normalized spacial score (nSPS) is 15.6. The van der Waals surface area contributed by atoms with E-state index in [0.29, 0.717) is 6.61 Å². The summed E-state index contributed by atoms with van der Waals surface area (Å²) in [7, 11) is 3.34. The number of allylic oxidation sites excluding steroid dienone is 2. The summed E-state index contributed by atoms with van der Waals surface area (Å²) in [5, 5.41) is 0. The monoisotopic (exact) mass is 260 g/mol. The number of methoxy groups -OCH3 is 2. The van der Waals surface area contributed by atoms with Crippen LogP contribution in [0.4, 0.5) is 0 Å². The van der Waals surface area contributed by atoms with E-state index in [9.17, 15) is 0 Å². The average Bonchev–Trinajstić information content (AvgIpc) is 2.67. The van der Waals surface area contributed by atoms with Crippen molar-refractivity contribution in [1.29, 1.82) is 0 Å². The molecule has 102 valence electrons. The molecule has 0 amide bonds. The Kier molecular flexibility index (Phi) is 4.90. The van der Waals surface area contributed by atoms with Crippen molar-refractivity contribution in [2.24, 2.45) is 0 Å². The van der Waals surface area contributed by atoms with Gasteiger partial charge < -0.3 is 14.2 Å².